The number of piperidine rings is 1. The van der Waals surface area contributed by atoms with Crippen LogP contribution in [0.5, 0.6) is 0 Å². The lowest BCUT2D eigenvalue weighted by Gasteiger charge is -2.32. The Morgan fingerprint density at radius 2 is 1.44 bits per heavy atom. The molecular formula is C30H37F9N6O7. The Hall–Kier alpha value is -4.73. The molecule has 3 N–H and O–H groups in total. The number of likely N-dealkylation sites (tertiary alicyclic amines) is 1. The van der Waals surface area contributed by atoms with E-state index in [-0.39, 0.29) is 0 Å². The predicted octanol–water partition coefficient (Wildman–Crippen LogP) is 5.77. The second-order valence-electron chi connectivity index (χ2n) is 11.2. The number of hydrogen-bond acceptors (Lipinski definition) is 9. The zero-order valence-electron chi connectivity index (χ0n) is 28.1. The van der Waals surface area contributed by atoms with E-state index < -0.39 is 36.4 Å². The number of likely N-dealkylation sites (N-methyl/N-ethyl adjacent to an activating group) is 1. The number of nitrogens with zero attached hydrogens (tertiary/aromatic N) is 6. The molecule has 22 heteroatoms. The summed E-state index contributed by atoms with van der Waals surface area (Å²) < 4.78 is 103. The molecule has 0 atom stereocenters. The van der Waals surface area contributed by atoms with E-state index in [1.54, 1.807) is 7.11 Å². The molecule has 1 fully saturated rings. The van der Waals surface area contributed by atoms with Gasteiger partial charge in [0.15, 0.2) is 5.82 Å². The van der Waals surface area contributed by atoms with Crippen LogP contribution in [0.15, 0.2) is 36.9 Å². The molecule has 0 radical (unpaired) electrons. The van der Waals surface area contributed by atoms with E-state index in [2.05, 4.69) is 52.4 Å². The Balaban J connectivity index is 0.000000525. The lowest BCUT2D eigenvalue weighted by molar-refractivity contribution is -0.193. The van der Waals surface area contributed by atoms with Crippen LogP contribution in [-0.4, -0.2) is 117 Å². The Bertz CT molecular complexity index is 1520. The van der Waals surface area contributed by atoms with Crippen LogP contribution in [0.2, 0.25) is 0 Å². The maximum absolute atomic E-state index is 10.6. The highest BCUT2D eigenvalue weighted by Crippen LogP contribution is 2.33. The van der Waals surface area contributed by atoms with Crippen molar-refractivity contribution in [1.29, 1.82) is 0 Å². The summed E-state index contributed by atoms with van der Waals surface area (Å²) in [6.07, 6.45) is -7.26. The average Bonchev–Trinajstić information content (AvgIpc) is 3.48. The van der Waals surface area contributed by atoms with Crippen molar-refractivity contribution >= 4 is 34.8 Å². The van der Waals surface area contributed by atoms with Crippen LogP contribution < -0.4 is 4.90 Å². The fourth-order valence-corrected chi connectivity index (χ4v) is 4.39. The first-order valence-corrected chi connectivity index (χ1v) is 15.0. The van der Waals surface area contributed by atoms with Crippen molar-refractivity contribution in [3.63, 3.8) is 0 Å². The van der Waals surface area contributed by atoms with E-state index in [1.165, 1.54) is 16.8 Å². The first-order chi connectivity index (χ1) is 23.9. The number of methoxy groups -OCH3 is 1. The number of imidazole rings is 1. The van der Waals surface area contributed by atoms with Gasteiger partial charge in [0, 0.05) is 57.3 Å². The monoisotopic (exact) mass is 764 g/mol. The average molecular weight is 765 g/mol. The first-order valence-electron chi connectivity index (χ1n) is 15.0. The molecule has 1 saturated heterocycles. The molecule has 0 aromatic carbocycles. The lowest BCUT2D eigenvalue weighted by atomic mass is 9.92. The SMILES string of the molecule is COCCN(C)c1nc(C2CCN(Cc3cccnc3)CC2)cc2c1ncn2C(C)C.O=C(O)C(F)(F)F.O=C(O)C(F)(F)F.O=C(O)C(F)(F)F. The first kappa shape index (κ1) is 45.3. The number of pyridine rings is 2. The molecule has 0 bridgehead atoms. The summed E-state index contributed by atoms with van der Waals surface area (Å²) in [5.41, 5.74) is 4.63. The number of aliphatic carboxylic acids is 3. The molecule has 1 aliphatic rings. The van der Waals surface area contributed by atoms with Gasteiger partial charge in [0.2, 0.25) is 0 Å². The van der Waals surface area contributed by atoms with Gasteiger partial charge in [0.1, 0.15) is 5.52 Å². The summed E-state index contributed by atoms with van der Waals surface area (Å²) in [5.74, 6) is -6.84. The minimum Gasteiger partial charge on any atom is -0.475 e. The molecule has 1 aliphatic heterocycles. The summed E-state index contributed by atoms with van der Waals surface area (Å²) in [5, 5.41) is 21.4. The van der Waals surface area contributed by atoms with Gasteiger partial charge >= 0.3 is 36.4 Å². The van der Waals surface area contributed by atoms with Gasteiger partial charge in [-0.2, -0.15) is 39.5 Å². The molecule has 4 heterocycles. The van der Waals surface area contributed by atoms with Gasteiger partial charge in [-0.25, -0.2) is 24.4 Å². The summed E-state index contributed by atoms with van der Waals surface area (Å²) in [7, 11) is 3.82. The zero-order valence-corrected chi connectivity index (χ0v) is 28.1. The lowest BCUT2D eigenvalue weighted by Crippen LogP contribution is -2.33. The van der Waals surface area contributed by atoms with Crippen molar-refractivity contribution in [2.45, 2.75) is 63.7 Å². The molecule has 0 unspecified atom stereocenters. The van der Waals surface area contributed by atoms with Gasteiger partial charge in [-0.3, -0.25) is 9.88 Å². The highest BCUT2D eigenvalue weighted by molar-refractivity contribution is 5.87. The van der Waals surface area contributed by atoms with Crippen molar-refractivity contribution in [3.8, 4) is 0 Å². The molecule has 52 heavy (non-hydrogen) atoms. The number of rotatable bonds is 8. The number of carboxylic acids is 3. The van der Waals surface area contributed by atoms with Crippen LogP contribution in [0, 0.1) is 0 Å². The zero-order chi connectivity index (χ0) is 40.0. The van der Waals surface area contributed by atoms with Crippen molar-refractivity contribution in [3.05, 3.63) is 48.2 Å². The number of hydrogen-bond donors (Lipinski definition) is 3. The molecule has 13 nitrogen and oxygen atoms in total. The number of fused-ring (bicyclic) bond motifs is 1. The number of aromatic nitrogens is 4. The predicted molar refractivity (Wildman–Crippen MR) is 166 cm³/mol. The van der Waals surface area contributed by atoms with E-state index in [9.17, 15) is 39.5 Å². The quantitative estimate of drug-likeness (QED) is 0.237. The summed E-state index contributed by atoms with van der Waals surface area (Å²) in [4.78, 5) is 45.5. The van der Waals surface area contributed by atoms with Gasteiger partial charge in [0.05, 0.1) is 18.5 Å². The van der Waals surface area contributed by atoms with Crippen LogP contribution in [0.1, 0.15) is 49.9 Å². The molecule has 0 saturated carbocycles. The Labute approximate surface area is 290 Å². The highest BCUT2D eigenvalue weighted by atomic mass is 19.4. The second-order valence-corrected chi connectivity index (χ2v) is 11.2. The van der Waals surface area contributed by atoms with Crippen LogP contribution in [-0.2, 0) is 25.7 Å². The van der Waals surface area contributed by atoms with Gasteiger partial charge in [-0.05, 0) is 57.5 Å². The largest absolute Gasteiger partial charge is 0.490 e. The molecular weight excluding hydrogens is 727 g/mol. The Morgan fingerprint density at radius 3 is 1.85 bits per heavy atom. The topological polar surface area (TPSA) is 171 Å². The van der Waals surface area contributed by atoms with Gasteiger partial charge in [0.25, 0.3) is 0 Å². The van der Waals surface area contributed by atoms with Crippen LogP contribution in [0.3, 0.4) is 0 Å². The summed E-state index contributed by atoms with van der Waals surface area (Å²) in [6, 6.07) is 6.81. The third-order valence-corrected chi connectivity index (χ3v) is 6.97. The Kier molecular flexibility index (Phi) is 17.2. The molecule has 292 valence electrons. The minimum atomic E-state index is -5.08. The Morgan fingerprint density at radius 1 is 0.942 bits per heavy atom. The van der Waals surface area contributed by atoms with Crippen molar-refractivity contribution in [2.24, 2.45) is 0 Å². The normalized spacial score (nSPS) is 14.0. The number of anilines is 1. The third kappa shape index (κ3) is 15.3. The van der Waals surface area contributed by atoms with E-state index in [4.69, 9.17) is 44.4 Å². The molecule has 0 spiro atoms. The summed E-state index contributed by atoms with van der Waals surface area (Å²) in [6.45, 7) is 8.99. The van der Waals surface area contributed by atoms with Crippen molar-refractivity contribution in [1.82, 2.24) is 24.4 Å². The van der Waals surface area contributed by atoms with Gasteiger partial charge in [-0.1, -0.05) is 6.07 Å². The van der Waals surface area contributed by atoms with E-state index in [1.807, 2.05) is 24.8 Å². The highest BCUT2D eigenvalue weighted by Gasteiger charge is 2.39. The van der Waals surface area contributed by atoms with Crippen LogP contribution >= 0.6 is 0 Å². The maximum atomic E-state index is 10.6. The number of ether oxygens (including phenoxy) is 1. The number of carboxylic acid groups (broad SMARTS) is 3. The second kappa shape index (κ2) is 19.8. The van der Waals surface area contributed by atoms with Gasteiger partial charge < -0.3 is 29.5 Å². The van der Waals surface area contributed by atoms with Crippen molar-refractivity contribution < 1.29 is 74.0 Å². The minimum absolute atomic E-state index is 0.360. The van der Waals surface area contributed by atoms with E-state index >= 15 is 0 Å². The number of halogens is 9. The molecule has 3 aromatic heterocycles. The smallest absolute Gasteiger partial charge is 0.475 e. The molecule has 0 aliphatic carbocycles. The van der Waals surface area contributed by atoms with Crippen molar-refractivity contribution in [2.75, 3.05) is 45.3 Å². The standard InChI is InChI=1S/C24H34N6O.3C2HF3O2/c1-18(2)30-17-26-23-22(30)14-21(27-24(23)28(3)12-13-31-4)20-7-10-29(11-8-20)16-19-6-5-9-25-15-19;3*3-2(4,5)1(6)7/h5-6,9,14-15,17-18,20H,7-8,10-13,16H2,1-4H3;3*(H,6,7). The summed E-state index contributed by atoms with van der Waals surface area (Å²) >= 11 is 0. The molecule has 0 amide bonds. The fourth-order valence-electron chi connectivity index (χ4n) is 4.39. The molecule has 3 aromatic rings. The maximum Gasteiger partial charge on any atom is 0.490 e. The number of alkyl halides is 9. The van der Waals surface area contributed by atoms with Gasteiger partial charge in [-0.15, -0.1) is 0 Å². The molecule has 4 rings (SSSR count). The van der Waals surface area contributed by atoms with E-state index in [0.29, 0.717) is 18.6 Å². The number of carbonyl (C=O) groups is 3. The van der Waals surface area contributed by atoms with Crippen LogP contribution in [0.25, 0.3) is 11.0 Å². The van der Waals surface area contributed by atoms with Crippen LogP contribution in [0.4, 0.5) is 45.3 Å². The van der Waals surface area contributed by atoms with E-state index in [0.717, 1.165) is 50.4 Å². The third-order valence-electron chi connectivity index (χ3n) is 6.97. The fraction of sp³-hybridized carbons (Fsp3) is 0.533.